The van der Waals surface area contributed by atoms with Crippen molar-refractivity contribution in [1.82, 2.24) is 0 Å². The number of benzene rings is 1. The van der Waals surface area contributed by atoms with Crippen LogP contribution in [0.1, 0.15) is 88.2 Å². The van der Waals surface area contributed by atoms with E-state index < -0.39 is 0 Å². The summed E-state index contributed by atoms with van der Waals surface area (Å²) in [5.41, 5.74) is 3.78. The largest absolute Gasteiger partial charge is 0.507 e. The molecule has 2 atom stereocenters. The lowest BCUT2D eigenvalue weighted by Crippen LogP contribution is -2.23. The fraction of sp³-hybridized carbons (Fsp3) is 0.615. The molecule has 2 aliphatic carbocycles. The summed E-state index contributed by atoms with van der Waals surface area (Å²) in [4.78, 5) is 0. The van der Waals surface area contributed by atoms with Crippen LogP contribution < -0.4 is 0 Å². The molecule has 0 spiro atoms. The molecule has 1 aromatic rings. The van der Waals surface area contributed by atoms with Crippen LogP contribution in [0.25, 0.3) is 0 Å². The summed E-state index contributed by atoms with van der Waals surface area (Å²) >= 11 is 3.52. The van der Waals surface area contributed by atoms with Crippen molar-refractivity contribution in [2.24, 2.45) is 5.92 Å². The molecular formula is C26H37BrO3. The van der Waals surface area contributed by atoms with Gasteiger partial charge in [-0.15, -0.1) is 0 Å². The molecule has 4 heteroatoms. The Morgan fingerprint density at radius 2 is 1.80 bits per heavy atom. The van der Waals surface area contributed by atoms with Crippen LogP contribution >= 0.6 is 15.9 Å². The summed E-state index contributed by atoms with van der Waals surface area (Å²) in [6.45, 7) is 6.18. The summed E-state index contributed by atoms with van der Waals surface area (Å²) in [6, 6.07) is 3.84. The predicted molar refractivity (Wildman–Crippen MR) is 128 cm³/mol. The van der Waals surface area contributed by atoms with Gasteiger partial charge < -0.3 is 15.3 Å². The van der Waals surface area contributed by atoms with Crippen molar-refractivity contribution >= 4 is 15.9 Å². The SMILES string of the molecule is C=C(C)[C@H]1CCC(CO)=C[C@@H]1c1c(O)cc(C2(CCCCCBr)CCCC2)cc1O. The molecule has 2 aliphatic rings. The van der Waals surface area contributed by atoms with Crippen molar-refractivity contribution in [2.45, 2.75) is 82.5 Å². The second-order valence-electron chi connectivity index (χ2n) is 9.42. The van der Waals surface area contributed by atoms with Gasteiger partial charge in [0.05, 0.1) is 6.61 Å². The zero-order valence-corrected chi connectivity index (χ0v) is 19.9. The van der Waals surface area contributed by atoms with Gasteiger partial charge in [-0.2, -0.15) is 0 Å². The van der Waals surface area contributed by atoms with Crippen molar-refractivity contribution in [3.05, 3.63) is 47.1 Å². The number of halogens is 1. The standard InChI is InChI=1S/C26H37BrO3/c1-18(2)21-9-8-19(17-28)14-22(21)25-23(29)15-20(16-24(25)30)26(11-5-6-12-26)10-4-3-7-13-27/h14-16,21-22,28-30H,1,3-13,17H2,2H3/t21-,22+/m1/s1. The number of phenols is 2. The van der Waals surface area contributed by atoms with Crippen LogP contribution in [0, 0.1) is 5.92 Å². The van der Waals surface area contributed by atoms with E-state index in [-0.39, 0.29) is 35.4 Å². The minimum Gasteiger partial charge on any atom is -0.507 e. The molecule has 1 fully saturated rings. The lowest BCUT2D eigenvalue weighted by Gasteiger charge is -2.34. The number of hydrogen-bond acceptors (Lipinski definition) is 3. The van der Waals surface area contributed by atoms with Crippen LogP contribution in [0.4, 0.5) is 0 Å². The van der Waals surface area contributed by atoms with Gasteiger partial charge in [-0.1, -0.05) is 59.8 Å². The predicted octanol–water partition coefficient (Wildman–Crippen LogP) is 6.85. The number of aliphatic hydroxyl groups is 1. The molecule has 0 heterocycles. The van der Waals surface area contributed by atoms with Crippen LogP contribution in [0.2, 0.25) is 0 Å². The third-order valence-electron chi connectivity index (χ3n) is 7.39. The molecule has 3 nitrogen and oxygen atoms in total. The number of unbranched alkanes of at least 4 members (excludes halogenated alkanes) is 2. The Morgan fingerprint density at radius 1 is 1.13 bits per heavy atom. The summed E-state index contributed by atoms with van der Waals surface area (Å²) < 4.78 is 0. The van der Waals surface area contributed by atoms with Crippen LogP contribution in [0.3, 0.4) is 0 Å². The van der Waals surface area contributed by atoms with E-state index in [9.17, 15) is 15.3 Å². The zero-order valence-electron chi connectivity index (χ0n) is 18.3. The van der Waals surface area contributed by atoms with Gasteiger partial charge in [-0.3, -0.25) is 0 Å². The molecule has 30 heavy (non-hydrogen) atoms. The van der Waals surface area contributed by atoms with Gasteiger partial charge in [0.2, 0.25) is 0 Å². The Labute approximate surface area is 190 Å². The fourth-order valence-corrected chi connectivity index (χ4v) is 6.08. The minimum atomic E-state index is -0.147. The van der Waals surface area contributed by atoms with Crippen molar-refractivity contribution in [2.75, 3.05) is 11.9 Å². The molecule has 0 saturated heterocycles. The highest BCUT2D eigenvalue weighted by Crippen LogP contribution is 2.51. The van der Waals surface area contributed by atoms with Crippen LogP contribution in [-0.4, -0.2) is 27.3 Å². The maximum Gasteiger partial charge on any atom is 0.123 e. The van der Waals surface area contributed by atoms with Gasteiger partial charge in [0.25, 0.3) is 0 Å². The summed E-state index contributed by atoms with van der Waals surface area (Å²) in [5.74, 6) is 0.380. The molecule has 3 N–H and O–H groups in total. The maximum absolute atomic E-state index is 11.1. The van der Waals surface area contributed by atoms with E-state index in [2.05, 4.69) is 22.5 Å². The monoisotopic (exact) mass is 476 g/mol. The first-order chi connectivity index (χ1) is 14.4. The van der Waals surface area contributed by atoms with Gasteiger partial charge in [0.15, 0.2) is 0 Å². The molecule has 0 unspecified atom stereocenters. The van der Waals surface area contributed by atoms with Gasteiger partial charge in [-0.05, 0) is 80.1 Å². The van der Waals surface area contributed by atoms with Crippen molar-refractivity contribution in [3.63, 3.8) is 0 Å². The number of hydrogen-bond donors (Lipinski definition) is 3. The molecular weight excluding hydrogens is 440 g/mol. The normalized spacial score (nSPS) is 23.4. The third-order valence-corrected chi connectivity index (χ3v) is 7.95. The van der Waals surface area contributed by atoms with Gasteiger partial charge in [0.1, 0.15) is 11.5 Å². The lowest BCUT2D eigenvalue weighted by atomic mass is 9.71. The van der Waals surface area contributed by atoms with Gasteiger partial charge >= 0.3 is 0 Å². The highest BCUT2D eigenvalue weighted by Gasteiger charge is 2.37. The zero-order chi connectivity index (χ0) is 21.7. The van der Waals surface area contributed by atoms with Crippen molar-refractivity contribution < 1.29 is 15.3 Å². The smallest absolute Gasteiger partial charge is 0.123 e. The van der Waals surface area contributed by atoms with Crippen molar-refractivity contribution in [1.29, 1.82) is 0 Å². The molecule has 0 aromatic heterocycles. The second kappa shape index (κ2) is 10.4. The number of allylic oxidation sites excluding steroid dienone is 2. The van der Waals surface area contributed by atoms with Crippen molar-refractivity contribution in [3.8, 4) is 11.5 Å². The molecule has 0 amide bonds. The third kappa shape index (κ3) is 4.96. The Morgan fingerprint density at radius 3 is 2.37 bits per heavy atom. The fourth-order valence-electron chi connectivity index (χ4n) is 5.68. The molecule has 166 valence electrons. The molecule has 3 rings (SSSR count). The number of aliphatic hydroxyl groups excluding tert-OH is 1. The van der Waals surface area contributed by atoms with Crippen LogP contribution in [0.15, 0.2) is 35.9 Å². The first-order valence-electron chi connectivity index (χ1n) is 11.5. The number of aromatic hydroxyl groups is 2. The molecule has 1 saturated carbocycles. The summed E-state index contributed by atoms with van der Waals surface area (Å²) in [5, 5.41) is 32.8. The van der Waals surface area contributed by atoms with E-state index in [0.717, 1.165) is 54.1 Å². The Bertz CT molecular complexity index is 753. The average molecular weight is 477 g/mol. The van der Waals surface area contributed by atoms with Gasteiger partial charge in [0, 0.05) is 16.8 Å². The van der Waals surface area contributed by atoms with E-state index in [0.29, 0.717) is 5.56 Å². The van der Waals surface area contributed by atoms with E-state index in [1.807, 2.05) is 25.1 Å². The minimum absolute atomic E-state index is 0.0243. The number of alkyl halides is 1. The molecule has 0 aliphatic heterocycles. The highest BCUT2D eigenvalue weighted by molar-refractivity contribution is 9.09. The first kappa shape index (κ1) is 23.4. The molecule has 0 bridgehead atoms. The van der Waals surface area contributed by atoms with E-state index in [1.165, 1.54) is 32.1 Å². The summed E-state index contributed by atoms with van der Waals surface area (Å²) in [6.07, 6.45) is 13.1. The Kier molecular flexibility index (Phi) is 8.09. The lowest BCUT2D eigenvalue weighted by molar-refractivity contribution is 0.314. The maximum atomic E-state index is 11.1. The van der Waals surface area contributed by atoms with Crippen LogP contribution in [0.5, 0.6) is 11.5 Å². The second-order valence-corrected chi connectivity index (χ2v) is 10.2. The quantitative estimate of drug-likeness (QED) is 0.207. The highest BCUT2D eigenvalue weighted by atomic mass is 79.9. The van der Waals surface area contributed by atoms with Crippen LogP contribution in [-0.2, 0) is 5.41 Å². The Balaban J connectivity index is 1.95. The molecule has 0 radical (unpaired) electrons. The number of rotatable bonds is 9. The summed E-state index contributed by atoms with van der Waals surface area (Å²) in [7, 11) is 0. The van der Waals surface area contributed by atoms with E-state index in [4.69, 9.17) is 0 Å². The first-order valence-corrected chi connectivity index (χ1v) is 12.6. The number of phenolic OH excluding ortho intramolecular Hbond substituents is 2. The average Bonchev–Trinajstić information content (AvgIpc) is 3.20. The van der Waals surface area contributed by atoms with E-state index >= 15 is 0 Å². The van der Waals surface area contributed by atoms with E-state index in [1.54, 1.807) is 0 Å². The van der Waals surface area contributed by atoms with Gasteiger partial charge in [-0.25, -0.2) is 0 Å². The Hall–Kier alpha value is -1.26. The topological polar surface area (TPSA) is 60.7 Å². The molecule has 1 aromatic carbocycles.